The highest BCUT2D eigenvalue weighted by Gasteiger charge is 2.21. The lowest BCUT2D eigenvalue weighted by Crippen LogP contribution is -2.24. The van der Waals surface area contributed by atoms with E-state index in [0.717, 1.165) is 59.6 Å². The quantitative estimate of drug-likeness (QED) is 0.261. The van der Waals surface area contributed by atoms with Gasteiger partial charge >= 0.3 is 6.09 Å². The van der Waals surface area contributed by atoms with E-state index in [1.165, 1.54) is 0 Å². The largest absolute Gasteiger partial charge is 0.447 e. The van der Waals surface area contributed by atoms with Gasteiger partial charge in [0.1, 0.15) is 24.2 Å². The second-order valence-corrected chi connectivity index (χ2v) is 9.91. The fourth-order valence-corrected chi connectivity index (χ4v) is 4.55. The number of rotatable bonds is 10. The average molecular weight is 571 g/mol. The van der Waals surface area contributed by atoms with Gasteiger partial charge in [-0.25, -0.2) is 9.78 Å². The van der Waals surface area contributed by atoms with Crippen LogP contribution in [0.4, 0.5) is 4.79 Å². The fourth-order valence-electron chi connectivity index (χ4n) is 4.55. The first-order valence-electron chi connectivity index (χ1n) is 14.0. The van der Waals surface area contributed by atoms with Gasteiger partial charge in [-0.15, -0.1) is 0 Å². The van der Waals surface area contributed by atoms with Crippen molar-refractivity contribution in [2.24, 2.45) is 0 Å². The summed E-state index contributed by atoms with van der Waals surface area (Å²) in [5.74, 6) is 7.83. The molecule has 0 spiro atoms. The maximum absolute atomic E-state index is 11.5. The van der Waals surface area contributed by atoms with Crippen LogP contribution >= 0.6 is 0 Å². The molecule has 1 unspecified atom stereocenters. The molecule has 4 aromatic rings. The minimum Gasteiger partial charge on any atom is -0.447 e. The number of imidazole rings is 1. The molecule has 0 radical (unpaired) electrons. The predicted molar refractivity (Wildman–Crippen MR) is 154 cm³/mol. The molecule has 10 nitrogen and oxygen atoms in total. The average Bonchev–Trinajstić information content (AvgIpc) is 3.69. The molecule has 1 saturated heterocycles. The van der Waals surface area contributed by atoms with Crippen LogP contribution in [-0.4, -0.2) is 52.0 Å². The van der Waals surface area contributed by atoms with Crippen LogP contribution in [0.15, 0.2) is 71.5 Å². The highest BCUT2D eigenvalue weighted by atomic mass is 16.7. The maximum Gasteiger partial charge on any atom is 0.407 e. The minimum atomic E-state index is -0.564. The Morgan fingerprint density at radius 3 is 2.62 bits per heavy atom. The Morgan fingerprint density at radius 1 is 1.14 bits per heavy atom. The first-order chi connectivity index (χ1) is 20.6. The van der Waals surface area contributed by atoms with Gasteiger partial charge < -0.3 is 33.7 Å². The van der Waals surface area contributed by atoms with Gasteiger partial charge in [-0.1, -0.05) is 29.1 Å². The second kappa shape index (κ2) is 14.5. The van der Waals surface area contributed by atoms with E-state index in [1.807, 2.05) is 72.3 Å². The minimum absolute atomic E-state index is 0.0273. The van der Waals surface area contributed by atoms with Crippen LogP contribution in [0.5, 0.6) is 0 Å². The molecule has 218 valence electrons. The number of carbonyl (C=O) groups is 1. The van der Waals surface area contributed by atoms with Crippen LogP contribution in [0.2, 0.25) is 0 Å². The van der Waals surface area contributed by atoms with Crippen molar-refractivity contribution in [2.75, 3.05) is 19.8 Å². The molecule has 10 heteroatoms. The Kier molecular flexibility index (Phi) is 10.0. The smallest absolute Gasteiger partial charge is 0.407 e. The summed E-state index contributed by atoms with van der Waals surface area (Å²) in [7, 11) is 0. The summed E-state index contributed by atoms with van der Waals surface area (Å²) in [5, 5.41) is 15.6. The third kappa shape index (κ3) is 8.07. The van der Waals surface area contributed by atoms with Gasteiger partial charge in [-0.3, -0.25) is 0 Å². The molecule has 1 fully saturated rings. The number of hydrogen-bond donors (Lipinski definition) is 2. The van der Waals surface area contributed by atoms with Gasteiger partial charge in [0, 0.05) is 48.3 Å². The predicted octanol–water partition coefficient (Wildman–Crippen LogP) is 4.81. The lowest BCUT2D eigenvalue weighted by molar-refractivity contribution is -0.188. The summed E-state index contributed by atoms with van der Waals surface area (Å²) in [5.41, 5.74) is 4.34. The van der Waals surface area contributed by atoms with Crippen molar-refractivity contribution in [3.8, 4) is 23.2 Å². The Balaban J connectivity index is 1.15. The lowest BCUT2D eigenvalue weighted by atomic mass is 10.1. The van der Waals surface area contributed by atoms with Gasteiger partial charge in [0.2, 0.25) is 0 Å². The molecule has 1 aliphatic rings. The topological polar surface area (TPSA) is 121 Å². The van der Waals surface area contributed by atoms with Crippen molar-refractivity contribution in [3.05, 3.63) is 95.2 Å². The van der Waals surface area contributed by atoms with E-state index in [-0.39, 0.29) is 25.6 Å². The zero-order chi connectivity index (χ0) is 29.1. The number of aromatic nitrogens is 3. The normalized spacial score (nSPS) is 15.4. The molecule has 1 amide bonds. The Labute approximate surface area is 244 Å². The van der Waals surface area contributed by atoms with Gasteiger partial charge in [0.05, 0.1) is 13.2 Å². The van der Waals surface area contributed by atoms with E-state index in [1.54, 1.807) is 6.20 Å². The zero-order valence-electron chi connectivity index (χ0n) is 23.5. The van der Waals surface area contributed by atoms with Gasteiger partial charge in [0.25, 0.3) is 0 Å². The number of amides is 1. The van der Waals surface area contributed by atoms with Crippen molar-refractivity contribution in [1.29, 1.82) is 0 Å². The van der Waals surface area contributed by atoms with E-state index in [9.17, 15) is 4.79 Å². The number of nitrogens with zero attached hydrogens (tertiary/aromatic N) is 3. The SMILES string of the molecule is C[C@H](OC1CCCCO1)c1nccn1Cc1cc(-c2ccc(C#Cc3ccc(CNC(=O)OCCO)cc3)cc2)on1. The summed E-state index contributed by atoms with van der Waals surface area (Å²) in [6.07, 6.45) is 5.83. The molecular weight excluding hydrogens is 536 g/mol. The summed E-state index contributed by atoms with van der Waals surface area (Å²) < 4.78 is 24.2. The van der Waals surface area contributed by atoms with Crippen LogP contribution in [0, 0.1) is 11.8 Å². The van der Waals surface area contributed by atoms with Crippen molar-refractivity contribution >= 4 is 6.09 Å². The summed E-state index contributed by atoms with van der Waals surface area (Å²) in [4.78, 5) is 16.0. The number of benzene rings is 2. The van der Waals surface area contributed by atoms with Gasteiger partial charge in [-0.05, 0) is 68.1 Å². The second-order valence-electron chi connectivity index (χ2n) is 9.91. The number of carbonyl (C=O) groups excluding carboxylic acids is 1. The van der Waals surface area contributed by atoms with Crippen LogP contribution in [0.3, 0.4) is 0 Å². The molecule has 5 rings (SSSR count). The molecule has 0 aliphatic carbocycles. The summed E-state index contributed by atoms with van der Waals surface area (Å²) in [6.45, 7) is 3.35. The molecule has 3 heterocycles. The maximum atomic E-state index is 11.5. The lowest BCUT2D eigenvalue weighted by Gasteiger charge is -2.26. The summed E-state index contributed by atoms with van der Waals surface area (Å²) >= 11 is 0. The first-order valence-corrected chi connectivity index (χ1v) is 14.0. The number of alkyl carbamates (subject to hydrolysis) is 1. The molecule has 0 saturated carbocycles. The number of hydrogen-bond acceptors (Lipinski definition) is 8. The number of nitrogens with one attached hydrogen (secondary N) is 1. The molecule has 2 aromatic carbocycles. The Bertz CT molecular complexity index is 1490. The summed E-state index contributed by atoms with van der Waals surface area (Å²) in [6, 6.07) is 17.3. The molecule has 0 bridgehead atoms. The van der Waals surface area contributed by atoms with E-state index >= 15 is 0 Å². The molecule has 1 aliphatic heterocycles. The molecule has 2 aromatic heterocycles. The van der Waals surface area contributed by atoms with Crippen molar-refractivity contribution in [3.63, 3.8) is 0 Å². The Morgan fingerprint density at radius 2 is 1.90 bits per heavy atom. The van der Waals surface area contributed by atoms with Gasteiger partial charge in [0.15, 0.2) is 12.1 Å². The number of aliphatic hydroxyl groups is 1. The van der Waals surface area contributed by atoms with Crippen LogP contribution in [0.1, 0.15) is 60.5 Å². The number of aliphatic hydroxyl groups excluding tert-OH is 1. The van der Waals surface area contributed by atoms with Crippen LogP contribution < -0.4 is 5.32 Å². The van der Waals surface area contributed by atoms with E-state index in [0.29, 0.717) is 18.8 Å². The van der Waals surface area contributed by atoms with Crippen LogP contribution in [-0.2, 0) is 27.3 Å². The third-order valence-electron chi connectivity index (χ3n) is 6.73. The number of ether oxygens (including phenoxy) is 3. The van der Waals surface area contributed by atoms with E-state index in [4.69, 9.17) is 23.8 Å². The molecule has 42 heavy (non-hydrogen) atoms. The monoisotopic (exact) mass is 570 g/mol. The van der Waals surface area contributed by atoms with Crippen molar-refractivity contribution in [2.45, 2.75) is 51.7 Å². The standard InChI is InChI=1S/C32H34N4O6/c1-23(41-30-4-2-3-18-39-30)31-33-15-16-36(31)22-28-20-29(42-35-28)27-13-11-25(12-14-27)6-5-24-7-9-26(10-8-24)21-34-32(38)40-19-17-37/h7-16,20,23,30,37H,2-4,17-19,21-22H2,1H3,(H,34,38)/t23-,30?/m0/s1. The van der Waals surface area contributed by atoms with Crippen molar-refractivity contribution in [1.82, 2.24) is 20.0 Å². The van der Waals surface area contributed by atoms with Crippen LogP contribution in [0.25, 0.3) is 11.3 Å². The fraction of sp³-hybridized carbons (Fsp3) is 0.344. The van der Waals surface area contributed by atoms with E-state index < -0.39 is 6.09 Å². The zero-order valence-corrected chi connectivity index (χ0v) is 23.5. The first kappa shape index (κ1) is 29.1. The van der Waals surface area contributed by atoms with Gasteiger partial charge in [-0.2, -0.15) is 0 Å². The van der Waals surface area contributed by atoms with Crippen molar-refractivity contribution < 1.29 is 28.6 Å². The van der Waals surface area contributed by atoms with E-state index in [2.05, 4.69) is 27.3 Å². The molecule has 2 N–H and O–H groups in total. The molecule has 2 atom stereocenters. The molecular formula is C32H34N4O6. The Hall–Kier alpha value is -4.43. The highest BCUT2D eigenvalue weighted by molar-refractivity contribution is 5.67. The third-order valence-corrected chi connectivity index (χ3v) is 6.73. The highest BCUT2D eigenvalue weighted by Crippen LogP contribution is 2.25.